The van der Waals surface area contributed by atoms with Crippen LogP contribution >= 0.6 is 0 Å². The van der Waals surface area contributed by atoms with Gasteiger partial charge in [-0.3, -0.25) is 4.21 Å². The first-order chi connectivity index (χ1) is 3.31. The third-order valence-corrected chi connectivity index (χ3v) is 1.50. The largest absolute Gasteiger partial charge is 0.254 e. The van der Waals surface area contributed by atoms with E-state index < -0.39 is 10.8 Å². The summed E-state index contributed by atoms with van der Waals surface area (Å²) in [5.74, 6) is 0.655. The van der Waals surface area contributed by atoms with Gasteiger partial charge in [-0.1, -0.05) is 13.5 Å². The second kappa shape index (κ2) is 3.85. The average molecular weight is 116 g/mol. The van der Waals surface area contributed by atoms with E-state index in [-0.39, 0.29) is 0 Å². The molecule has 0 aromatic rings. The van der Waals surface area contributed by atoms with Gasteiger partial charge in [-0.05, 0) is 0 Å². The highest BCUT2D eigenvalue weighted by atomic mass is 32.2. The second-order valence-electron chi connectivity index (χ2n) is 0.991. The number of rotatable bonds is 2. The van der Waals surface area contributed by atoms with E-state index in [0.717, 1.165) is 0 Å². The van der Waals surface area contributed by atoms with Gasteiger partial charge < -0.3 is 0 Å². The van der Waals surface area contributed by atoms with Crippen LogP contribution in [-0.2, 0) is 10.8 Å². The lowest BCUT2D eigenvalue weighted by Gasteiger charge is -1.78. The molecule has 7 heavy (non-hydrogen) atoms. The Kier molecular flexibility index (Phi) is 3.67. The Labute approximate surface area is 46.2 Å². The Bertz CT molecular complexity index is 111. The van der Waals surface area contributed by atoms with Gasteiger partial charge in [0.25, 0.3) is 0 Å². The van der Waals surface area contributed by atoms with Gasteiger partial charge in [-0.15, -0.1) is 5.73 Å². The Morgan fingerprint density at radius 2 is 2.57 bits per heavy atom. The highest BCUT2D eigenvalue weighted by molar-refractivity contribution is 7.87. The van der Waals surface area contributed by atoms with Gasteiger partial charge in [0.2, 0.25) is 0 Å². The van der Waals surface area contributed by atoms with E-state index in [9.17, 15) is 4.21 Å². The molecule has 0 radical (unpaired) electrons. The molecule has 0 aliphatic rings. The first-order valence-corrected chi connectivity index (χ1v) is 3.42. The molecule has 0 saturated carbocycles. The minimum absolute atomic E-state index is 0.655. The van der Waals surface area contributed by atoms with Crippen molar-refractivity contribution < 1.29 is 4.21 Å². The summed E-state index contributed by atoms with van der Waals surface area (Å²) in [6.07, 6.45) is 0. The van der Waals surface area contributed by atoms with E-state index in [1.54, 1.807) is 0 Å². The lowest BCUT2D eigenvalue weighted by Crippen LogP contribution is -1.82. The highest BCUT2D eigenvalue weighted by Gasteiger charge is 1.80. The van der Waals surface area contributed by atoms with E-state index in [1.807, 2.05) is 6.92 Å². The van der Waals surface area contributed by atoms with Crippen LogP contribution in [0, 0.1) is 0 Å². The van der Waals surface area contributed by atoms with E-state index in [2.05, 4.69) is 12.3 Å². The zero-order valence-corrected chi connectivity index (χ0v) is 5.12. The summed E-state index contributed by atoms with van der Waals surface area (Å²) >= 11 is 0. The Morgan fingerprint density at radius 3 is 2.71 bits per heavy atom. The van der Waals surface area contributed by atoms with Gasteiger partial charge in [0, 0.05) is 11.2 Å². The molecule has 1 nitrogen and oxygen atoms in total. The van der Waals surface area contributed by atoms with E-state index >= 15 is 0 Å². The van der Waals surface area contributed by atoms with E-state index in [1.165, 1.54) is 5.41 Å². The maximum Gasteiger partial charge on any atom is 0.0531 e. The molecule has 1 unspecified atom stereocenters. The summed E-state index contributed by atoms with van der Waals surface area (Å²) in [5.41, 5.74) is 2.44. The summed E-state index contributed by atoms with van der Waals surface area (Å²) in [6, 6.07) is 0. The molecule has 0 saturated heterocycles. The van der Waals surface area contributed by atoms with Crippen molar-refractivity contribution in [1.82, 2.24) is 0 Å². The van der Waals surface area contributed by atoms with Gasteiger partial charge >= 0.3 is 0 Å². The fourth-order valence-electron chi connectivity index (χ4n) is 0.176. The van der Waals surface area contributed by atoms with Crippen LogP contribution in [0.15, 0.2) is 17.7 Å². The first kappa shape index (κ1) is 6.67. The van der Waals surface area contributed by atoms with Gasteiger partial charge in [0.15, 0.2) is 0 Å². The molecule has 0 aromatic heterocycles. The fourth-order valence-corrected chi connectivity index (χ4v) is 0.529. The summed E-state index contributed by atoms with van der Waals surface area (Å²) < 4.78 is 10.4. The number of hydrogen-bond acceptors (Lipinski definition) is 1. The minimum Gasteiger partial charge on any atom is -0.254 e. The molecule has 40 valence electrons. The van der Waals surface area contributed by atoms with Crippen LogP contribution in [0.2, 0.25) is 0 Å². The zero-order valence-electron chi connectivity index (χ0n) is 4.31. The third kappa shape index (κ3) is 3.50. The van der Waals surface area contributed by atoms with Gasteiger partial charge in [0.1, 0.15) is 0 Å². The number of hydrogen-bond donors (Lipinski definition) is 0. The monoisotopic (exact) mass is 116 g/mol. The van der Waals surface area contributed by atoms with E-state index in [4.69, 9.17) is 0 Å². The lowest BCUT2D eigenvalue weighted by atomic mass is 11.0. The van der Waals surface area contributed by atoms with Gasteiger partial charge in [-0.2, -0.15) is 0 Å². The molecule has 0 heterocycles. The first-order valence-electron chi connectivity index (χ1n) is 2.04. The quantitative estimate of drug-likeness (QED) is 0.493. The van der Waals surface area contributed by atoms with Crippen LogP contribution in [0.4, 0.5) is 0 Å². The molecular formula is C5H8OS. The van der Waals surface area contributed by atoms with Crippen molar-refractivity contribution >= 4 is 10.8 Å². The molecule has 0 aliphatic carbocycles. The molecule has 0 rings (SSSR count). The molecule has 0 spiro atoms. The Morgan fingerprint density at radius 1 is 2.00 bits per heavy atom. The summed E-state index contributed by atoms with van der Waals surface area (Å²) in [7, 11) is -0.826. The molecule has 0 N–H and O–H groups in total. The maximum atomic E-state index is 10.4. The highest BCUT2D eigenvalue weighted by Crippen LogP contribution is 1.78. The molecule has 0 bridgehead atoms. The molecule has 0 aliphatic heterocycles. The van der Waals surface area contributed by atoms with Crippen molar-refractivity contribution in [3.05, 3.63) is 17.7 Å². The van der Waals surface area contributed by atoms with Crippen LogP contribution in [0.3, 0.4) is 0 Å². The average Bonchev–Trinajstić information content (AvgIpc) is 1.68. The van der Waals surface area contributed by atoms with Crippen LogP contribution in [0.5, 0.6) is 0 Å². The van der Waals surface area contributed by atoms with Crippen LogP contribution in [-0.4, -0.2) is 9.96 Å². The Hall–Kier alpha value is -0.330. The summed E-state index contributed by atoms with van der Waals surface area (Å²) in [4.78, 5) is 0. The normalized spacial score (nSPS) is 12.1. The molecule has 1 atom stereocenters. The molecule has 0 amide bonds. The van der Waals surface area contributed by atoms with Crippen molar-refractivity contribution in [2.24, 2.45) is 0 Å². The molecule has 0 fully saturated rings. The van der Waals surface area contributed by atoms with Crippen molar-refractivity contribution in [2.45, 2.75) is 6.92 Å². The van der Waals surface area contributed by atoms with Gasteiger partial charge in [0.05, 0.1) is 10.8 Å². The third-order valence-electron chi connectivity index (χ3n) is 0.499. The van der Waals surface area contributed by atoms with Crippen molar-refractivity contribution in [1.29, 1.82) is 0 Å². The van der Waals surface area contributed by atoms with Crippen LogP contribution < -0.4 is 0 Å². The smallest absolute Gasteiger partial charge is 0.0531 e. The Balaban J connectivity index is 3.58. The topological polar surface area (TPSA) is 17.1 Å². The SMILES string of the molecule is C=C=CS(=O)CC. The zero-order chi connectivity index (χ0) is 5.70. The predicted molar refractivity (Wildman–Crippen MR) is 32.4 cm³/mol. The van der Waals surface area contributed by atoms with Crippen molar-refractivity contribution in [3.8, 4) is 0 Å². The lowest BCUT2D eigenvalue weighted by molar-refractivity contribution is 0.689. The molecule has 2 heteroatoms. The van der Waals surface area contributed by atoms with E-state index in [0.29, 0.717) is 5.75 Å². The molecular weight excluding hydrogens is 108 g/mol. The minimum atomic E-state index is -0.826. The molecule has 0 aromatic carbocycles. The fraction of sp³-hybridized carbons (Fsp3) is 0.400. The van der Waals surface area contributed by atoms with Crippen molar-refractivity contribution in [2.75, 3.05) is 5.75 Å². The summed E-state index contributed by atoms with van der Waals surface area (Å²) in [5, 5.41) is 1.46. The maximum absolute atomic E-state index is 10.4. The second-order valence-corrected chi connectivity index (χ2v) is 2.57. The van der Waals surface area contributed by atoms with Crippen LogP contribution in [0.1, 0.15) is 6.92 Å². The predicted octanol–water partition coefficient (Wildman–Crippen LogP) is 1.05. The van der Waals surface area contributed by atoms with Gasteiger partial charge in [-0.25, -0.2) is 0 Å². The summed E-state index contributed by atoms with van der Waals surface area (Å²) in [6.45, 7) is 5.13. The standard InChI is InChI=1S/C5H8OS/c1-3-5-7(6)4-2/h5H,1,4H2,2H3. The van der Waals surface area contributed by atoms with Crippen molar-refractivity contribution in [3.63, 3.8) is 0 Å². The van der Waals surface area contributed by atoms with Crippen LogP contribution in [0.25, 0.3) is 0 Å².